The molecule has 4 aromatic rings. The van der Waals surface area contributed by atoms with Gasteiger partial charge in [0, 0.05) is 5.56 Å². The van der Waals surface area contributed by atoms with E-state index in [-0.39, 0.29) is 0 Å². The molecule has 0 amide bonds. The minimum Gasteiger partial charge on any atom is -0.423 e. The SMILES string of the molecule is Cc1ccc(-c2cnoc2C)c(C)c1.Cc1ccc(B(O)O)c(C)c1.Cc1oncc1I. The van der Waals surface area contributed by atoms with Gasteiger partial charge in [0.15, 0.2) is 0 Å². The average molecular weight is 546 g/mol. The van der Waals surface area contributed by atoms with Crippen molar-refractivity contribution in [2.45, 2.75) is 41.5 Å². The van der Waals surface area contributed by atoms with E-state index in [1.165, 1.54) is 16.7 Å². The van der Waals surface area contributed by atoms with Crippen LogP contribution in [0.5, 0.6) is 0 Å². The molecule has 0 bridgehead atoms. The second-order valence-electron chi connectivity index (χ2n) is 7.58. The zero-order valence-corrected chi connectivity index (χ0v) is 21.3. The first-order chi connectivity index (χ1) is 15.1. The summed E-state index contributed by atoms with van der Waals surface area (Å²) in [6, 6.07) is 11.9. The summed E-state index contributed by atoms with van der Waals surface area (Å²) in [7, 11) is -1.35. The number of aromatic nitrogens is 2. The molecule has 0 atom stereocenters. The molecule has 2 N–H and O–H groups in total. The number of rotatable bonds is 2. The zero-order chi connectivity index (χ0) is 23.8. The summed E-state index contributed by atoms with van der Waals surface area (Å²) in [5.41, 5.74) is 7.45. The zero-order valence-electron chi connectivity index (χ0n) is 19.2. The highest BCUT2D eigenvalue weighted by Gasteiger charge is 2.12. The lowest BCUT2D eigenvalue weighted by atomic mass is 9.77. The Hall–Kier alpha value is -2.43. The predicted molar refractivity (Wildman–Crippen MR) is 136 cm³/mol. The van der Waals surface area contributed by atoms with Crippen LogP contribution in [0.1, 0.15) is 33.8 Å². The Labute approximate surface area is 202 Å². The minimum atomic E-state index is -1.35. The van der Waals surface area contributed by atoms with Crippen LogP contribution in [-0.4, -0.2) is 27.5 Å². The van der Waals surface area contributed by atoms with Gasteiger partial charge in [-0.15, -0.1) is 0 Å². The van der Waals surface area contributed by atoms with Crippen molar-refractivity contribution in [2.24, 2.45) is 0 Å². The van der Waals surface area contributed by atoms with E-state index >= 15 is 0 Å². The maximum Gasteiger partial charge on any atom is 0.488 e. The van der Waals surface area contributed by atoms with Crippen molar-refractivity contribution in [1.82, 2.24) is 10.3 Å². The molecule has 0 radical (unpaired) electrons. The van der Waals surface area contributed by atoms with Crippen molar-refractivity contribution in [2.75, 3.05) is 0 Å². The van der Waals surface area contributed by atoms with Crippen molar-refractivity contribution in [3.05, 3.63) is 86.1 Å². The van der Waals surface area contributed by atoms with Gasteiger partial charge in [-0.1, -0.05) is 63.4 Å². The Morgan fingerprint density at radius 3 is 1.69 bits per heavy atom. The molecule has 2 aromatic heterocycles. The highest BCUT2D eigenvalue weighted by molar-refractivity contribution is 14.1. The highest BCUT2D eigenvalue weighted by atomic mass is 127. The number of halogens is 1. The maximum atomic E-state index is 8.85. The maximum absolute atomic E-state index is 8.85. The van der Waals surface area contributed by atoms with Crippen molar-refractivity contribution in [1.29, 1.82) is 0 Å². The van der Waals surface area contributed by atoms with Gasteiger partial charge in [0.1, 0.15) is 11.5 Å². The highest BCUT2D eigenvalue weighted by Crippen LogP contribution is 2.26. The number of hydrogen-bond donors (Lipinski definition) is 2. The van der Waals surface area contributed by atoms with Gasteiger partial charge in [0.25, 0.3) is 0 Å². The molecule has 2 aromatic carbocycles. The summed E-state index contributed by atoms with van der Waals surface area (Å²) in [4.78, 5) is 0. The van der Waals surface area contributed by atoms with E-state index in [1.54, 1.807) is 18.5 Å². The molecule has 6 nitrogen and oxygen atoms in total. The lowest BCUT2D eigenvalue weighted by molar-refractivity contribution is 0.396. The monoisotopic (exact) mass is 546 g/mol. The summed E-state index contributed by atoms with van der Waals surface area (Å²) in [5.74, 6) is 1.76. The molecule has 0 saturated carbocycles. The topological polar surface area (TPSA) is 92.5 Å². The molecule has 0 saturated heterocycles. The van der Waals surface area contributed by atoms with Gasteiger partial charge in [-0.25, -0.2) is 0 Å². The molecule has 2 heterocycles. The van der Waals surface area contributed by atoms with Gasteiger partial charge in [-0.3, -0.25) is 0 Å². The van der Waals surface area contributed by atoms with Gasteiger partial charge in [0.05, 0.1) is 16.0 Å². The van der Waals surface area contributed by atoms with Crippen molar-refractivity contribution >= 4 is 35.2 Å². The van der Waals surface area contributed by atoms with Gasteiger partial charge < -0.3 is 19.1 Å². The molecule has 4 rings (SSSR count). The summed E-state index contributed by atoms with van der Waals surface area (Å²) in [6.45, 7) is 11.9. The van der Waals surface area contributed by atoms with Crippen LogP contribution in [0.25, 0.3) is 11.1 Å². The molecule has 0 aliphatic rings. The van der Waals surface area contributed by atoms with Crippen LogP contribution in [0.15, 0.2) is 57.8 Å². The Morgan fingerprint density at radius 1 is 0.719 bits per heavy atom. The number of hydrogen-bond acceptors (Lipinski definition) is 6. The molecular formula is C24H28BIN2O4. The summed E-state index contributed by atoms with van der Waals surface area (Å²) < 4.78 is 10.8. The minimum absolute atomic E-state index is 0.579. The lowest BCUT2D eigenvalue weighted by Gasteiger charge is -2.04. The Morgan fingerprint density at radius 2 is 1.28 bits per heavy atom. The molecule has 0 aliphatic heterocycles. The van der Waals surface area contributed by atoms with Crippen LogP contribution in [0.4, 0.5) is 0 Å². The van der Waals surface area contributed by atoms with E-state index in [2.05, 4.69) is 65.0 Å². The molecule has 0 spiro atoms. The van der Waals surface area contributed by atoms with Crippen LogP contribution in [0.2, 0.25) is 0 Å². The number of benzene rings is 2. The van der Waals surface area contributed by atoms with Crippen LogP contribution in [0.3, 0.4) is 0 Å². The molecule has 32 heavy (non-hydrogen) atoms. The largest absolute Gasteiger partial charge is 0.488 e. The molecule has 0 aliphatic carbocycles. The second-order valence-corrected chi connectivity index (χ2v) is 8.74. The standard InChI is InChI=1S/C12H13NO.C8H11BO2.C4H4INO/c1-8-4-5-11(9(2)6-8)12-7-13-14-10(12)3;1-6-3-4-8(9(10)11)7(2)5-6;1-3-4(5)2-6-7-3/h4-7H,1-3H3;3-5,10-11H,1-2H3;2H,1H3. The van der Waals surface area contributed by atoms with Gasteiger partial charge in [-0.05, 0) is 80.7 Å². The fourth-order valence-corrected chi connectivity index (χ4v) is 3.29. The fraction of sp³-hybridized carbons (Fsp3) is 0.250. The van der Waals surface area contributed by atoms with Crippen molar-refractivity contribution in [3.63, 3.8) is 0 Å². The number of nitrogens with zero attached hydrogens (tertiary/aromatic N) is 2. The first kappa shape index (κ1) is 25.8. The van der Waals surface area contributed by atoms with E-state index in [1.807, 2.05) is 39.8 Å². The van der Waals surface area contributed by atoms with E-state index in [9.17, 15) is 0 Å². The van der Waals surface area contributed by atoms with Crippen LogP contribution in [0, 0.1) is 45.1 Å². The first-order valence-corrected chi connectivity index (χ1v) is 11.2. The van der Waals surface area contributed by atoms with Crippen LogP contribution in [-0.2, 0) is 0 Å². The van der Waals surface area contributed by atoms with Crippen molar-refractivity contribution < 1.29 is 19.1 Å². The Kier molecular flexibility index (Phi) is 9.68. The van der Waals surface area contributed by atoms with E-state index in [0.717, 1.165) is 31.8 Å². The summed E-state index contributed by atoms with van der Waals surface area (Å²) in [5, 5.41) is 25.0. The summed E-state index contributed by atoms with van der Waals surface area (Å²) in [6.07, 6.45) is 3.46. The van der Waals surface area contributed by atoms with Crippen LogP contribution >= 0.6 is 22.6 Å². The smallest absolute Gasteiger partial charge is 0.423 e. The van der Waals surface area contributed by atoms with Crippen LogP contribution < -0.4 is 5.46 Å². The predicted octanol–water partition coefficient (Wildman–Crippen LogP) is 4.84. The average Bonchev–Trinajstić information content (AvgIpc) is 3.30. The lowest BCUT2D eigenvalue weighted by Crippen LogP contribution is -2.31. The van der Waals surface area contributed by atoms with E-state index in [4.69, 9.17) is 19.1 Å². The molecule has 0 unspecified atom stereocenters. The van der Waals surface area contributed by atoms with Gasteiger partial charge in [0.2, 0.25) is 0 Å². The number of aryl methyl sites for hydroxylation is 6. The third-order valence-corrected chi connectivity index (χ3v) is 5.86. The Bertz CT molecular complexity index is 1140. The second kappa shape index (κ2) is 12.0. The first-order valence-electron chi connectivity index (χ1n) is 10.1. The quantitative estimate of drug-likeness (QED) is 0.276. The third kappa shape index (κ3) is 7.32. The van der Waals surface area contributed by atoms with Crippen molar-refractivity contribution in [3.8, 4) is 11.1 Å². The molecule has 168 valence electrons. The van der Waals surface area contributed by atoms with E-state index in [0.29, 0.717) is 5.46 Å². The van der Waals surface area contributed by atoms with E-state index < -0.39 is 7.12 Å². The normalized spacial score (nSPS) is 10.0. The molecule has 0 fully saturated rings. The van der Waals surface area contributed by atoms with Gasteiger partial charge >= 0.3 is 7.12 Å². The molecular weight excluding hydrogens is 518 g/mol. The Balaban J connectivity index is 0.000000180. The molecule has 8 heteroatoms. The fourth-order valence-electron chi connectivity index (χ4n) is 3.07. The van der Waals surface area contributed by atoms with Gasteiger partial charge in [-0.2, -0.15) is 0 Å². The summed E-state index contributed by atoms with van der Waals surface area (Å²) >= 11 is 2.16. The third-order valence-electron chi connectivity index (χ3n) is 4.82.